The molecule has 1 aromatic rings. The number of carbonyl (C=O) groups excluding carboxylic acids is 2. The van der Waals surface area contributed by atoms with Crippen LogP contribution in [0.4, 0.5) is 0 Å². The molecule has 0 unspecified atom stereocenters. The number of esters is 1. The molecular formula is C14H17NO6. The molecule has 0 spiro atoms. The molecule has 0 aliphatic heterocycles. The molecule has 1 rings (SSSR count). The third kappa shape index (κ3) is 4.79. The zero-order valence-electron chi connectivity index (χ0n) is 11.8. The number of aliphatic carboxylic acids is 1. The number of aromatic hydroxyl groups is 1. The van der Waals surface area contributed by atoms with Crippen LogP contribution in [0.2, 0.25) is 0 Å². The summed E-state index contributed by atoms with van der Waals surface area (Å²) < 4.78 is 4.42. The highest BCUT2D eigenvalue weighted by Gasteiger charge is 2.23. The lowest BCUT2D eigenvalue weighted by atomic mass is 10.1. The predicted octanol–water partition coefficient (Wildman–Crippen LogP) is 0.837. The van der Waals surface area contributed by atoms with Gasteiger partial charge in [-0.05, 0) is 31.0 Å². The zero-order chi connectivity index (χ0) is 16.0. The van der Waals surface area contributed by atoms with Crippen LogP contribution in [0.5, 0.6) is 5.75 Å². The smallest absolute Gasteiger partial charge is 0.326 e. The predicted molar refractivity (Wildman–Crippen MR) is 73.0 cm³/mol. The average Bonchev–Trinajstić information content (AvgIpc) is 2.42. The van der Waals surface area contributed by atoms with Gasteiger partial charge < -0.3 is 20.3 Å². The number of carboxylic acids is 1. The van der Waals surface area contributed by atoms with Gasteiger partial charge >= 0.3 is 11.9 Å². The summed E-state index contributed by atoms with van der Waals surface area (Å²) in [6.45, 7) is 1.75. The number of ether oxygens (including phenoxy) is 1. The second-order valence-electron chi connectivity index (χ2n) is 4.50. The van der Waals surface area contributed by atoms with Crippen molar-refractivity contribution >= 4 is 17.8 Å². The van der Waals surface area contributed by atoms with Gasteiger partial charge in [-0.2, -0.15) is 0 Å². The van der Waals surface area contributed by atoms with Crippen molar-refractivity contribution in [1.82, 2.24) is 5.32 Å². The first-order chi connectivity index (χ1) is 9.85. The molecule has 0 aliphatic carbocycles. The maximum Gasteiger partial charge on any atom is 0.326 e. The second kappa shape index (κ2) is 7.28. The van der Waals surface area contributed by atoms with Crippen LogP contribution in [0.25, 0.3) is 0 Å². The summed E-state index contributed by atoms with van der Waals surface area (Å²) in [6.07, 6.45) is -0.228. The molecule has 0 fully saturated rings. The van der Waals surface area contributed by atoms with Gasteiger partial charge in [0.05, 0.1) is 12.7 Å². The van der Waals surface area contributed by atoms with Crippen LogP contribution >= 0.6 is 0 Å². The normalized spacial score (nSPS) is 11.5. The van der Waals surface area contributed by atoms with E-state index in [1.807, 2.05) is 0 Å². The fraction of sp³-hybridized carbons (Fsp3) is 0.357. The van der Waals surface area contributed by atoms with Gasteiger partial charge in [-0.25, -0.2) is 4.79 Å². The lowest BCUT2D eigenvalue weighted by molar-refractivity contribution is -0.142. The maximum absolute atomic E-state index is 12.0. The summed E-state index contributed by atoms with van der Waals surface area (Å²) in [4.78, 5) is 34.1. The summed E-state index contributed by atoms with van der Waals surface area (Å²) in [6, 6.07) is 3.19. The molecule has 114 valence electrons. The molecule has 0 saturated heterocycles. The molecule has 7 heteroatoms. The molecule has 1 atom stereocenters. The van der Waals surface area contributed by atoms with Crippen molar-refractivity contribution in [2.24, 2.45) is 0 Å². The quantitative estimate of drug-likeness (QED) is 0.670. The monoisotopic (exact) mass is 295 g/mol. The van der Waals surface area contributed by atoms with Crippen molar-refractivity contribution < 1.29 is 29.3 Å². The first kappa shape index (κ1) is 16.5. The Morgan fingerprint density at radius 1 is 1.33 bits per heavy atom. The van der Waals surface area contributed by atoms with Crippen LogP contribution in [-0.4, -0.2) is 41.2 Å². The first-order valence-electron chi connectivity index (χ1n) is 6.25. The second-order valence-corrected chi connectivity index (χ2v) is 4.50. The van der Waals surface area contributed by atoms with E-state index in [-0.39, 0.29) is 24.2 Å². The number of phenols is 1. The van der Waals surface area contributed by atoms with Gasteiger partial charge in [0.2, 0.25) is 0 Å². The van der Waals surface area contributed by atoms with Crippen LogP contribution < -0.4 is 5.32 Å². The average molecular weight is 295 g/mol. The Balaban J connectivity index is 2.76. The standard InChI is InChI=1S/C14H17NO6/c1-8-3-4-9(11(16)7-8)13(18)15-10(14(19)20)5-6-12(17)21-2/h3-4,7,10,16H,5-6H2,1-2H3,(H,15,18)(H,19,20)/t10-/m1/s1. The molecule has 0 aliphatic rings. The van der Waals surface area contributed by atoms with E-state index < -0.39 is 23.9 Å². The fourth-order valence-electron chi connectivity index (χ4n) is 1.69. The molecule has 3 N–H and O–H groups in total. The molecule has 0 radical (unpaired) electrons. The lowest BCUT2D eigenvalue weighted by Gasteiger charge is -2.14. The van der Waals surface area contributed by atoms with Gasteiger partial charge in [0.1, 0.15) is 11.8 Å². The van der Waals surface area contributed by atoms with Gasteiger partial charge in [0, 0.05) is 6.42 Å². The van der Waals surface area contributed by atoms with E-state index in [1.165, 1.54) is 19.2 Å². The number of hydrogen-bond donors (Lipinski definition) is 3. The van der Waals surface area contributed by atoms with E-state index in [1.54, 1.807) is 13.0 Å². The molecule has 0 bridgehead atoms. The van der Waals surface area contributed by atoms with Crippen LogP contribution in [0.3, 0.4) is 0 Å². The van der Waals surface area contributed by atoms with Crippen molar-refractivity contribution in [3.05, 3.63) is 29.3 Å². The first-order valence-corrected chi connectivity index (χ1v) is 6.25. The van der Waals surface area contributed by atoms with Gasteiger partial charge in [0.15, 0.2) is 0 Å². The lowest BCUT2D eigenvalue weighted by Crippen LogP contribution is -2.41. The van der Waals surface area contributed by atoms with Crippen LogP contribution in [0, 0.1) is 6.92 Å². The maximum atomic E-state index is 12.0. The number of phenolic OH excluding ortho intramolecular Hbond substituents is 1. The van der Waals surface area contributed by atoms with Crippen LogP contribution in [-0.2, 0) is 14.3 Å². The minimum absolute atomic E-state index is 0.0232. The van der Waals surface area contributed by atoms with E-state index in [2.05, 4.69) is 10.1 Å². The molecule has 0 saturated carbocycles. The van der Waals surface area contributed by atoms with Crippen molar-refractivity contribution in [2.75, 3.05) is 7.11 Å². The highest BCUT2D eigenvalue weighted by molar-refractivity contribution is 5.98. The minimum Gasteiger partial charge on any atom is -0.507 e. The molecule has 0 aromatic heterocycles. The zero-order valence-corrected chi connectivity index (χ0v) is 11.8. The van der Waals surface area contributed by atoms with Crippen molar-refractivity contribution in [3.63, 3.8) is 0 Å². The fourth-order valence-corrected chi connectivity index (χ4v) is 1.69. The van der Waals surface area contributed by atoms with Crippen molar-refractivity contribution in [3.8, 4) is 5.75 Å². The Labute approximate surface area is 121 Å². The third-order valence-electron chi connectivity index (χ3n) is 2.87. The number of amides is 1. The van der Waals surface area contributed by atoms with E-state index >= 15 is 0 Å². The number of nitrogens with one attached hydrogen (secondary N) is 1. The Morgan fingerprint density at radius 3 is 2.52 bits per heavy atom. The Hall–Kier alpha value is -2.57. The Bertz CT molecular complexity index is 554. The van der Waals surface area contributed by atoms with Crippen LogP contribution in [0.15, 0.2) is 18.2 Å². The number of carboxylic acid groups (broad SMARTS) is 1. The number of hydrogen-bond acceptors (Lipinski definition) is 5. The summed E-state index contributed by atoms with van der Waals surface area (Å²) in [5.41, 5.74) is 0.745. The largest absolute Gasteiger partial charge is 0.507 e. The van der Waals surface area contributed by atoms with Gasteiger partial charge in [-0.1, -0.05) is 6.07 Å². The molecular weight excluding hydrogens is 278 g/mol. The molecule has 7 nitrogen and oxygen atoms in total. The molecule has 21 heavy (non-hydrogen) atoms. The highest BCUT2D eigenvalue weighted by atomic mass is 16.5. The Kier molecular flexibility index (Phi) is 5.71. The number of rotatable bonds is 6. The summed E-state index contributed by atoms with van der Waals surface area (Å²) in [5, 5.41) is 21.0. The number of aryl methyl sites for hydroxylation is 1. The molecule has 0 heterocycles. The van der Waals surface area contributed by atoms with Gasteiger partial charge in [-0.3, -0.25) is 9.59 Å². The van der Waals surface area contributed by atoms with Crippen molar-refractivity contribution in [1.29, 1.82) is 0 Å². The third-order valence-corrected chi connectivity index (χ3v) is 2.87. The number of carbonyl (C=O) groups is 3. The van der Waals surface area contributed by atoms with Gasteiger partial charge in [0.25, 0.3) is 5.91 Å². The molecule has 1 aromatic carbocycles. The van der Waals surface area contributed by atoms with E-state index in [0.29, 0.717) is 0 Å². The van der Waals surface area contributed by atoms with E-state index in [9.17, 15) is 19.5 Å². The Morgan fingerprint density at radius 2 is 2.00 bits per heavy atom. The van der Waals surface area contributed by atoms with Gasteiger partial charge in [-0.15, -0.1) is 0 Å². The van der Waals surface area contributed by atoms with Crippen molar-refractivity contribution in [2.45, 2.75) is 25.8 Å². The minimum atomic E-state index is -1.26. The SMILES string of the molecule is COC(=O)CC[C@@H](NC(=O)c1ccc(C)cc1O)C(=O)O. The summed E-state index contributed by atoms with van der Waals surface area (Å²) in [7, 11) is 1.20. The van der Waals surface area contributed by atoms with E-state index in [0.717, 1.165) is 5.56 Å². The summed E-state index contributed by atoms with van der Waals surface area (Å²) >= 11 is 0. The molecule has 1 amide bonds. The highest BCUT2D eigenvalue weighted by Crippen LogP contribution is 2.18. The number of methoxy groups -OCH3 is 1. The van der Waals surface area contributed by atoms with Crippen LogP contribution in [0.1, 0.15) is 28.8 Å². The van der Waals surface area contributed by atoms with E-state index in [4.69, 9.17) is 5.11 Å². The number of benzene rings is 1. The summed E-state index contributed by atoms with van der Waals surface area (Å²) in [5.74, 6) is -2.78. The topological polar surface area (TPSA) is 113 Å².